The van der Waals surface area contributed by atoms with Gasteiger partial charge in [0.25, 0.3) is 0 Å². The molecule has 0 rings (SSSR count). The number of esters is 1. The molecule has 0 atom stereocenters. The molecule has 0 aromatic carbocycles. The Morgan fingerprint density at radius 3 is 1.58 bits per heavy atom. The van der Waals surface area contributed by atoms with Gasteiger partial charge in [-0.05, 0) is 57.8 Å². The standard InChI is InChI=1S/C22H40O2/c1-3-4-5-6-7-8-9-10-11-12-13-14-15-16-17-18-19-20-21-22(23)24-2/h7-8,13-14H,3-6,9-12,15-21H2,1-2H3. The Morgan fingerprint density at radius 1 is 0.667 bits per heavy atom. The Hall–Kier alpha value is -1.05. The fraction of sp³-hybridized carbons (Fsp3) is 0.773. The fourth-order valence-electron chi connectivity index (χ4n) is 2.67. The predicted octanol–water partition coefficient (Wildman–Crippen LogP) is 7.14. The zero-order valence-corrected chi connectivity index (χ0v) is 16.2. The topological polar surface area (TPSA) is 26.3 Å². The lowest BCUT2D eigenvalue weighted by Gasteiger charge is -2.00. The van der Waals surface area contributed by atoms with Gasteiger partial charge in [-0.3, -0.25) is 4.79 Å². The first kappa shape index (κ1) is 22.9. The molecule has 0 saturated carbocycles. The smallest absolute Gasteiger partial charge is 0.305 e. The lowest BCUT2D eigenvalue weighted by atomic mass is 10.1. The van der Waals surface area contributed by atoms with Gasteiger partial charge in [0, 0.05) is 6.42 Å². The lowest BCUT2D eigenvalue weighted by Crippen LogP contribution is -1.98. The second-order valence-electron chi connectivity index (χ2n) is 6.61. The van der Waals surface area contributed by atoms with Crippen molar-refractivity contribution in [2.75, 3.05) is 7.11 Å². The molecule has 0 N–H and O–H groups in total. The van der Waals surface area contributed by atoms with Crippen LogP contribution in [-0.2, 0) is 9.53 Å². The van der Waals surface area contributed by atoms with Crippen molar-refractivity contribution in [2.45, 2.75) is 103 Å². The summed E-state index contributed by atoms with van der Waals surface area (Å²) in [5, 5.41) is 0. The Morgan fingerprint density at radius 2 is 1.08 bits per heavy atom. The van der Waals surface area contributed by atoms with Gasteiger partial charge in [0.1, 0.15) is 0 Å². The van der Waals surface area contributed by atoms with Crippen LogP contribution in [0.4, 0.5) is 0 Å². The molecule has 0 saturated heterocycles. The van der Waals surface area contributed by atoms with Crippen LogP contribution in [0.15, 0.2) is 24.3 Å². The molecule has 0 aromatic heterocycles. The molecule has 0 aliphatic heterocycles. The minimum absolute atomic E-state index is 0.0788. The van der Waals surface area contributed by atoms with Crippen LogP contribution in [-0.4, -0.2) is 13.1 Å². The summed E-state index contributed by atoms with van der Waals surface area (Å²) in [7, 11) is 1.46. The largest absolute Gasteiger partial charge is 0.469 e. The SMILES string of the molecule is CCCCCC=CCCCCC=CCCCCCCCC(=O)OC. The van der Waals surface area contributed by atoms with Crippen molar-refractivity contribution in [3.63, 3.8) is 0 Å². The lowest BCUT2D eigenvalue weighted by molar-refractivity contribution is -0.140. The third kappa shape index (κ3) is 19.0. The summed E-state index contributed by atoms with van der Waals surface area (Å²) in [6.07, 6.45) is 27.5. The van der Waals surface area contributed by atoms with Crippen LogP contribution in [0.2, 0.25) is 0 Å². The van der Waals surface area contributed by atoms with Gasteiger partial charge in [0.2, 0.25) is 0 Å². The number of rotatable bonds is 17. The minimum Gasteiger partial charge on any atom is -0.469 e. The van der Waals surface area contributed by atoms with Gasteiger partial charge in [-0.1, -0.05) is 63.3 Å². The highest BCUT2D eigenvalue weighted by Gasteiger charge is 1.98. The molecule has 2 heteroatoms. The molecule has 0 unspecified atom stereocenters. The van der Waals surface area contributed by atoms with E-state index in [9.17, 15) is 4.79 Å². The van der Waals surface area contributed by atoms with E-state index < -0.39 is 0 Å². The zero-order chi connectivity index (χ0) is 17.7. The molecule has 2 nitrogen and oxygen atoms in total. The summed E-state index contributed by atoms with van der Waals surface area (Å²) >= 11 is 0. The Bertz CT molecular complexity index is 318. The number of carbonyl (C=O) groups excluding carboxylic acids is 1. The number of hydrogen-bond acceptors (Lipinski definition) is 2. The summed E-state index contributed by atoms with van der Waals surface area (Å²) in [6, 6.07) is 0. The van der Waals surface area contributed by atoms with Gasteiger partial charge >= 0.3 is 5.97 Å². The van der Waals surface area contributed by atoms with Gasteiger partial charge in [0.15, 0.2) is 0 Å². The van der Waals surface area contributed by atoms with Gasteiger partial charge in [-0.25, -0.2) is 0 Å². The van der Waals surface area contributed by atoms with Crippen molar-refractivity contribution < 1.29 is 9.53 Å². The van der Waals surface area contributed by atoms with Crippen LogP contribution < -0.4 is 0 Å². The molecule has 0 fully saturated rings. The highest BCUT2D eigenvalue weighted by molar-refractivity contribution is 5.68. The van der Waals surface area contributed by atoms with E-state index in [-0.39, 0.29) is 5.97 Å². The highest BCUT2D eigenvalue weighted by atomic mass is 16.5. The summed E-state index contributed by atoms with van der Waals surface area (Å²) in [5.41, 5.74) is 0. The first-order valence-corrected chi connectivity index (χ1v) is 10.2. The minimum atomic E-state index is -0.0788. The molecule has 0 spiro atoms. The summed E-state index contributed by atoms with van der Waals surface area (Å²) in [6.45, 7) is 2.25. The number of unbranched alkanes of at least 4 members (excludes halogenated alkanes) is 11. The fourth-order valence-corrected chi connectivity index (χ4v) is 2.67. The predicted molar refractivity (Wildman–Crippen MR) is 105 cm³/mol. The third-order valence-electron chi connectivity index (χ3n) is 4.28. The molecule has 0 bridgehead atoms. The van der Waals surface area contributed by atoms with Gasteiger partial charge in [-0.2, -0.15) is 0 Å². The summed E-state index contributed by atoms with van der Waals surface area (Å²) < 4.78 is 4.63. The molecule has 0 heterocycles. The van der Waals surface area contributed by atoms with Crippen molar-refractivity contribution in [1.29, 1.82) is 0 Å². The molecule has 140 valence electrons. The monoisotopic (exact) mass is 336 g/mol. The molecular weight excluding hydrogens is 296 g/mol. The summed E-state index contributed by atoms with van der Waals surface area (Å²) in [5.74, 6) is -0.0788. The van der Waals surface area contributed by atoms with E-state index in [0.29, 0.717) is 6.42 Å². The summed E-state index contributed by atoms with van der Waals surface area (Å²) in [4.78, 5) is 10.9. The number of hydrogen-bond donors (Lipinski definition) is 0. The maximum absolute atomic E-state index is 10.9. The molecule has 24 heavy (non-hydrogen) atoms. The highest BCUT2D eigenvalue weighted by Crippen LogP contribution is 2.09. The van der Waals surface area contributed by atoms with Crippen LogP contribution in [0, 0.1) is 0 Å². The van der Waals surface area contributed by atoms with Crippen LogP contribution in [0.1, 0.15) is 103 Å². The van der Waals surface area contributed by atoms with Crippen molar-refractivity contribution >= 4 is 5.97 Å². The van der Waals surface area contributed by atoms with Crippen molar-refractivity contribution in [1.82, 2.24) is 0 Å². The Kier molecular flexibility index (Phi) is 19.1. The first-order valence-electron chi connectivity index (χ1n) is 10.2. The number of ether oxygens (including phenoxy) is 1. The van der Waals surface area contributed by atoms with E-state index in [4.69, 9.17) is 0 Å². The van der Waals surface area contributed by atoms with Gasteiger partial charge < -0.3 is 4.74 Å². The van der Waals surface area contributed by atoms with E-state index in [2.05, 4.69) is 36.0 Å². The molecule has 0 amide bonds. The van der Waals surface area contributed by atoms with E-state index in [1.165, 1.54) is 84.2 Å². The maximum Gasteiger partial charge on any atom is 0.305 e. The van der Waals surface area contributed by atoms with Crippen LogP contribution in [0.25, 0.3) is 0 Å². The van der Waals surface area contributed by atoms with Gasteiger partial charge in [-0.15, -0.1) is 0 Å². The van der Waals surface area contributed by atoms with E-state index >= 15 is 0 Å². The van der Waals surface area contributed by atoms with Crippen molar-refractivity contribution in [3.8, 4) is 0 Å². The first-order chi connectivity index (χ1) is 11.8. The normalized spacial score (nSPS) is 11.6. The molecule has 0 aliphatic rings. The molecule has 0 aromatic rings. The molecule has 0 aliphatic carbocycles. The maximum atomic E-state index is 10.9. The van der Waals surface area contributed by atoms with Crippen LogP contribution in [0.5, 0.6) is 0 Å². The van der Waals surface area contributed by atoms with E-state index in [1.54, 1.807) is 0 Å². The third-order valence-corrected chi connectivity index (χ3v) is 4.28. The van der Waals surface area contributed by atoms with E-state index in [1.807, 2.05) is 0 Å². The number of carbonyl (C=O) groups is 1. The second-order valence-corrected chi connectivity index (χ2v) is 6.61. The quantitative estimate of drug-likeness (QED) is 0.160. The second kappa shape index (κ2) is 20.0. The van der Waals surface area contributed by atoms with Crippen molar-refractivity contribution in [3.05, 3.63) is 24.3 Å². The number of allylic oxidation sites excluding steroid dienone is 4. The van der Waals surface area contributed by atoms with Crippen LogP contribution >= 0.6 is 0 Å². The van der Waals surface area contributed by atoms with E-state index in [0.717, 1.165) is 12.8 Å². The Balaban J connectivity index is 3.17. The molecular formula is C22H40O2. The average Bonchev–Trinajstić information content (AvgIpc) is 2.60. The van der Waals surface area contributed by atoms with Crippen molar-refractivity contribution in [2.24, 2.45) is 0 Å². The molecule has 0 radical (unpaired) electrons. The number of methoxy groups -OCH3 is 1. The average molecular weight is 337 g/mol. The van der Waals surface area contributed by atoms with Gasteiger partial charge in [0.05, 0.1) is 7.11 Å². The zero-order valence-electron chi connectivity index (χ0n) is 16.2. The van der Waals surface area contributed by atoms with Crippen LogP contribution in [0.3, 0.4) is 0 Å². The Labute approximate surface area is 150 Å².